The van der Waals surface area contributed by atoms with E-state index in [0.717, 1.165) is 4.90 Å². The number of nitrogens with one attached hydrogen (secondary N) is 1. The molecule has 1 N–H and O–H groups in total. The molecule has 0 fully saturated rings. The zero-order valence-corrected chi connectivity index (χ0v) is 17.3. The number of rotatable bonds is 10. The number of hydrogen-bond donors (Lipinski definition) is 1. The second-order valence-corrected chi connectivity index (χ2v) is 6.72. The van der Waals surface area contributed by atoms with Crippen LogP contribution < -0.4 is 10.1 Å². The van der Waals surface area contributed by atoms with Crippen molar-refractivity contribution in [2.24, 2.45) is 0 Å². The van der Waals surface area contributed by atoms with E-state index in [2.05, 4.69) is 5.32 Å². The Kier molecular flexibility index (Phi) is 6.99. The maximum Gasteiger partial charge on any atom is 0.278 e. The number of carbonyl (C=O) groups is 2. The number of hydrogen-bond acceptors (Lipinski definition) is 7. The first kappa shape index (κ1) is 22.0. The van der Waals surface area contributed by atoms with Crippen LogP contribution in [0.4, 0.5) is 11.4 Å². The van der Waals surface area contributed by atoms with Gasteiger partial charge in [-0.3, -0.25) is 24.6 Å². The molecule has 2 aromatic rings. The summed E-state index contributed by atoms with van der Waals surface area (Å²) in [5.41, 5.74) is 1.11. The van der Waals surface area contributed by atoms with Gasteiger partial charge in [0.25, 0.3) is 17.5 Å². The van der Waals surface area contributed by atoms with E-state index in [0.29, 0.717) is 36.6 Å². The van der Waals surface area contributed by atoms with Gasteiger partial charge < -0.3 is 14.8 Å². The van der Waals surface area contributed by atoms with E-state index in [4.69, 9.17) is 9.47 Å². The van der Waals surface area contributed by atoms with Crippen molar-refractivity contribution in [2.75, 3.05) is 32.2 Å². The average Bonchev–Trinajstić information content (AvgIpc) is 2.99. The van der Waals surface area contributed by atoms with Gasteiger partial charge in [0, 0.05) is 32.4 Å². The third-order valence-corrected chi connectivity index (χ3v) is 4.71. The van der Waals surface area contributed by atoms with Gasteiger partial charge in [-0.05, 0) is 43.2 Å². The van der Waals surface area contributed by atoms with Gasteiger partial charge in [0.2, 0.25) is 0 Å². The fourth-order valence-electron chi connectivity index (χ4n) is 3.27. The Bertz CT molecular complexity index is 1020. The van der Waals surface area contributed by atoms with Crippen molar-refractivity contribution in [3.63, 3.8) is 0 Å². The van der Waals surface area contributed by atoms with Crippen LogP contribution in [-0.4, -0.2) is 48.5 Å². The lowest BCUT2D eigenvalue weighted by molar-refractivity contribution is -0.384. The maximum absolute atomic E-state index is 13.1. The normalized spacial score (nSPS) is 13.7. The third-order valence-electron chi connectivity index (χ3n) is 4.71. The first-order valence-electron chi connectivity index (χ1n) is 9.81. The van der Waals surface area contributed by atoms with E-state index in [1.54, 1.807) is 31.4 Å². The first-order valence-corrected chi connectivity index (χ1v) is 9.81. The molecular weight excluding hydrogens is 402 g/mol. The van der Waals surface area contributed by atoms with Crippen molar-refractivity contribution in [1.82, 2.24) is 4.90 Å². The Labute approximate surface area is 179 Å². The molecule has 3 rings (SSSR count). The standard InChI is InChI=1S/C22H23N3O6/c1-3-31-18-8-5-4-7-17(18)23-20-19(15-9-11-16(12-10-15)25(28)29)21(26)24(22(20)27)13-6-14-30-2/h4-5,7-12,23H,3,6,13-14H2,1-2H3. The molecule has 0 unspecified atom stereocenters. The predicted octanol–water partition coefficient (Wildman–Crippen LogP) is 3.22. The Hall–Kier alpha value is -3.72. The van der Waals surface area contributed by atoms with Gasteiger partial charge in [-0.25, -0.2) is 0 Å². The molecule has 9 heteroatoms. The molecule has 0 aromatic heterocycles. The van der Waals surface area contributed by atoms with Crippen molar-refractivity contribution in [2.45, 2.75) is 13.3 Å². The third kappa shape index (κ3) is 4.72. The quantitative estimate of drug-likeness (QED) is 0.269. The molecule has 0 atom stereocenters. The van der Waals surface area contributed by atoms with Gasteiger partial charge in [-0.2, -0.15) is 0 Å². The Morgan fingerprint density at radius 1 is 1.06 bits per heavy atom. The summed E-state index contributed by atoms with van der Waals surface area (Å²) < 4.78 is 10.6. The Morgan fingerprint density at radius 3 is 2.42 bits per heavy atom. The van der Waals surface area contributed by atoms with Crippen LogP contribution in [0.15, 0.2) is 54.2 Å². The molecule has 1 heterocycles. The van der Waals surface area contributed by atoms with Crippen molar-refractivity contribution >= 4 is 28.8 Å². The number of imide groups is 1. The van der Waals surface area contributed by atoms with Crippen LogP contribution >= 0.6 is 0 Å². The summed E-state index contributed by atoms with van der Waals surface area (Å²) >= 11 is 0. The molecular formula is C22H23N3O6. The predicted molar refractivity (Wildman–Crippen MR) is 114 cm³/mol. The second kappa shape index (κ2) is 9.86. The number of amides is 2. The van der Waals surface area contributed by atoms with E-state index in [9.17, 15) is 19.7 Å². The van der Waals surface area contributed by atoms with E-state index in [1.807, 2.05) is 6.92 Å². The van der Waals surface area contributed by atoms with Gasteiger partial charge in [0.05, 0.1) is 22.8 Å². The topological polar surface area (TPSA) is 111 Å². The van der Waals surface area contributed by atoms with Crippen LogP contribution in [0, 0.1) is 10.1 Å². The van der Waals surface area contributed by atoms with Crippen LogP contribution in [0.5, 0.6) is 5.75 Å². The van der Waals surface area contributed by atoms with E-state index < -0.39 is 16.7 Å². The number of carbonyl (C=O) groups excluding carboxylic acids is 2. The van der Waals surface area contributed by atoms with E-state index in [1.165, 1.54) is 24.3 Å². The summed E-state index contributed by atoms with van der Waals surface area (Å²) in [5.74, 6) is -0.397. The van der Waals surface area contributed by atoms with Crippen LogP contribution in [-0.2, 0) is 14.3 Å². The lowest BCUT2D eigenvalue weighted by Crippen LogP contribution is -2.33. The minimum absolute atomic E-state index is 0.100. The van der Waals surface area contributed by atoms with Crippen molar-refractivity contribution in [3.8, 4) is 5.75 Å². The van der Waals surface area contributed by atoms with Gasteiger partial charge in [-0.1, -0.05) is 12.1 Å². The Balaban J connectivity index is 2.02. The number of nitro groups is 1. The number of benzene rings is 2. The van der Waals surface area contributed by atoms with Crippen LogP contribution in [0.25, 0.3) is 5.57 Å². The summed E-state index contributed by atoms with van der Waals surface area (Å²) in [7, 11) is 1.55. The molecule has 0 spiro atoms. The molecule has 0 aliphatic carbocycles. The second-order valence-electron chi connectivity index (χ2n) is 6.72. The number of anilines is 1. The smallest absolute Gasteiger partial charge is 0.278 e. The molecule has 1 aliphatic heterocycles. The summed E-state index contributed by atoms with van der Waals surface area (Å²) in [6.07, 6.45) is 0.490. The summed E-state index contributed by atoms with van der Waals surface area (Å²) in [6.45, 7) is 2.88. The van der Waals surface area contributed by atoms with E-state index >= 15 is 0 Å². The number of methoxy groups -OCH3 is 1. The van der Waals surface area contributed by atoms with Crippen LogP contribution in [0.1, 0.15) is 18.9 Å². The molecule has 0 bridgehead atoms. The summed E-state index contributed by atoms with van der Waals surface area (Å²) in [6, 6.07) is 12.6. The van der Waals surface area contributed by atoms with Crippen LogP contribution in [0.2, 0.25) is 0 Å². The highest BCUT2D eigenvalue weighted by Crippen LogP contribution is 2.34. The van der Waals surface area contributed by atoms with E-state index in [-0.39, 0.29) is 23.5 Å². The van der Waals surface area contributed by atoms with Gasteiger partial charge in [-0.15, -0.1) is 0 Å². The number of non-ortho nitro benzene ring substituents is 1. The molecule has 1 aliphatic rings. The molecule has 2 amide bonds. The van der Waals surface area contributed by atoms with Gasteiger partial charge >= 0.3 is 0 Å². The molecule has 31 heavy (non-hydrogen) atoms. The number of nitrogens with zero attached hydrogens (tertiary/aromatic N) is 2. The molecule has 9 nitrogen and oxygen atoms in total. The number of ether oxygens (including phenoxy) is 2. The minimum Gasteiger partial charge on any atom is -0.492 e. The highest BCUT2D eigenvalue weighted by Gasteiger charge is 2.39. The SMILES string of the molecule is CCOc1ccccc1NC1=C(c2ccc([N+](=O)[O-])cc2)C(=O)N(CCCOC)C1=O. The molecule has 0 saturated carbocycles. The maximum atomic E-state index is 13.1. The monoisotopic (exact) mass is 425 g/mol. The van der Waals surface area contributed by atoms with Crippen molar-refractivity contribution in [3.05, 3.63) is 69.9 Å². The van der Waals surface area contributed by atoms with Gasteiger partial charge in [0.1, 0.15) is 11.4 Å². The minimum atomic E-state index is -0.520. The Morgan fingerprint density at radius 2 is 1.77 bits per heavy atom. The summed E-state index contributed by atoms with van der Waals surface area (Å²) in [5, 5.41) is 14.0. The fourth-order valence-corrected chi connectivity index (χ4v) is 3.27. The fraction of sp³-hybridized carbons (Fsp3) is 0.273. The highest BCUT2D eigenvalue weighted by molar-refractivity contribution is 6.36. The number of para-hydroxylation sites is 2. The van der Waals surface area contributed by atoms with Crippen molar-refractivity contribution < 1.29 is 24.0 Å². The average molecular weight is 425 g/mol. The number of nitro benzene ring substituents is 1. The first-order chi connectivity index (χ1) is 15.0. The molecule has 162 valence electrons. The highest BCUT2D eigenvalue weighted by atomic mass is 16.6. The van der Waals surface area contributed by atoms with Crippen molar-refractivity contribution in [1.29, 1.82) is 0 Å². The van der Waals surface area contributed by atoms with Gasteiger partial charge in [0.15, 0.2) is 0 Å². The zero-order chi connectivity index (χ0) is 22.4. The largest absolute Gasteiger partial charge is 0.492 e. The lowest BCUT2D eigenvalue weighted by Gasteiger charge is -2.15. The zero-order valence-electron chi connectivity index (χ0n) is 17.3. The van der Waals surface area contributed by atoms with Crippen LogP contribution in [0.3, 0.4) is 0 Å². The summed E-state index contributed by atoms with van der Waals surface area (Å²) in [4.78, 5) is 37.9. The lowest BCUT2D eigenvalue weighted by atomic mass is 10.0. The molecule has 0 radical (unpaired) electrons. The molecule has 2 aromatic carbocycles. The molecule has 0 saturated heterocycles.